The minimum Gasteiger partial charge on any atom is -0.392 e. The van der Waals surface area contributed by atoms with Gasteiger partial charge in [-0.15, -0.1) is 0 Å². The number of aliphatic hydroxyl groups excluding tert-OH is 1. The lowest BCUT2D eigenvalue weighted by Gasteiger charge is -2.20. The van der Waals surface area contributed by atoms with Crippen LogP contribution >= 0.6 is 0 Å². The van der Waals surface area contributed by atoms with Gasteiger partial charge in [-0.05, 0) is 29.9 Å². The molecule has 0 aliphatic rings. The summed E-state index contributed by atoms with van der Waals surface area (Å²) in [5.74, 6) is 0.668. The molecule has 1 unspecified atom stereocenters. The van der Waals surface area contributed by atoms with E-state index in [1.54, 1.807) is 6.92 Å². The second-order valence-electron chi connectivity index (χ2n) is 5.80. The number of benzene rings is 1. The minimum atomic E-state index is -0.550. The Balaban J connectivity index is 2.99. The predicted molar refractivity (Wildman–Crippen MR) is 83.3 cm³/mol. The maximum atomic E-state index is 11.9. The Hall–Kier alpha value is -1.55. The Kier molecular flexibility index (Phi) is 6.02. The van der Waals surface area contributed by atoms with Gasteiger partial charge in [0.05, 0.1) is 6.10 Å². The zero-order valence-corrected chi connectivity index (χ0v) is 13.0. The molecule has 0 aliphatic carbocycles. The van der Waals surface area contributed by atoms with Crippen LogP contribution in [0.4, 0.5) is 10.5 Å². The van der Waals surface area contributed by atoms with Gasteiger partial charge in [0, 0.05) is 12.2 Å². The molecule has 1 aromatic carbocycles. The third-order valence-electron chi connectivity index (χ3n) is 3.17. The van der Waals surface area contributed by atoms with E-state index in [0.29, 0.717) is 11.8 Å². The fraction of sp³-hybridized carbons (Fsp3) is 0.562. The fourth-order valence-corrected chi connectivity index (χ4v) is 2.09. The van der Waals surface area contributed by atoms with Gasteiger partial charge >= 0.3 is 6.03 Å². The number of aliphatic hydroxyl groups is 1. The first-order valence-corrected chi connectivity index (χ1v) is 7.18. The summed E-state index contributed by atoms with van der Waals surface area (Å²) in [6.07, 6.45) is -0.550. The SMILES string of the molecule is CC(O)CNC(=O)Nc1c(C(C)C)cccc1C(C)C. The van der Waals surface area contributed by atoms with Crippen LogP contribution in [-0.4, -0.2) is 23.8 Å². The van der Waals surface area contributed by atoms with Gasteiger partial charge in [0.2, 0.25) is 0 Å². The van der Waals surface area contributed by atoms with Crippen molar-refractivity contribution in [3.63, 3.8) is 0 Å². The molecule has 4 heteroatoms. The molecular formula is C16H26N2O2. The number of carbonyl (C=O) groups excluding carboxylic acids is 1. The van der Waals surface area contributed by atoms with Gasteiger partial charge in [-0.2, -0.15) is 0 Å². The molecule has 0 spiro atoms. The van der Waals surface area contributed by atoms with Crippen molar-refractivity contribution < 1.29 is 9.90 Å². The van der Waals surface area contributed by atoms with Crippen molar-refractivity contribution in [2.24, 2.45) is 0 Å². The van der Waals surface area contributed by atoms with Crippen molar-refractivity contribution in [3.05, 3.63) is 29.3 Å². The van der Waals surface area contributed by atoms with E-state index in [2.05, 4.69) is 38.3 Å². The third kappa shape index (κ3) is 4.53. The maximum Gasteiger partial charge on any atom is 0.319 e. The molecular weight excluding hydrogens is 252 g/mol. The van der Waals surface area contributed by atoms with Crippen LogP contribution < -0.4 is 10.6 Å². The molecule has 4 nitrogen and oxygen atoms in total. The molecule has 1 aromatic rings. The molecule has 2 amide bonds. The maximum absolute atomic E-state index is 11.9. The number of anilines is 1. The Morgan fingerprint density at radius 3 is 2.00 bits per heavy atom. The van der Waals surface area contributed by atoms with Crippen LogP contribution in [0.3, 0.4) is 0 Å². The summed E-state index contributed by atoms with van der Waals surface area (Å²) < 4.78 is 0. The van der Waals surface area contributed by atoms with Gasteiger partial charge in [0.1, 0.15) is 0 Å². The first-order valence-electron chi connectivity index (χ1n) is 7.18. The first-order chi connectivity index (χ1) is 9.32. The zero-order valence-electron chi connectivity index (χ0n) is 13.0. The van der Waals surface area contributed by atoms with Gasteiger partial charge in [-0.25, -0.2) is 4.79 Å². The van der Waals surface area contributed by atoms with Crippen LogP contribution in [-0.2, 0) is 0 Å². The highest BCUT2D eigenvalue weighted by atomic mass is 16.3. The molecule has 0 heterocycles. The van der Waals surface area contributed by atoms with Crippen LogP contribution in [0.15, 0.2) is 18.2 Å². The van der Waals surface area contributed by atoms with Crippen LogP contribution in [0.2, 0.25) is 0 Å². The molecule has 0 saturated carbocycles. The number of carbonyl (C=O) groups is 1. The smallest absolute Gasteiger partial charge is 0.319 e. The van der Waals surface area contributed by atoms with E-state index >= 15 is 0 Å². The second kappa shape index (κ2) is 7.29. The van der Waals surface area contributed by atoms with Crippen molar-refractivity contribution in [1.29, 1.82) is 0 Å². The number of para-hydroxylation sites is 1. The highest BCUT2D eigenvalue weighted by Gasteiger charge is 2.15. The lowest BCUT2D eigenvalue weighted by Crippen LogP contribution is -2.34. The van der Waals surface area contributed by atoms with E-state index in [0.717, 1.165) is 16.8 Å². The van der Waals surface area contributed by atoms with E-state index in [9.17, 15) is 9.90 Å². The second-order valence-corrected chi connectivity index (χ2v) is 5.80. The Morgan fingerprint density at radius 2 is 1.60 bits per heavy atom. The normalized spacial score (nSPS) is 12.6. The molecule has 1 rings (SSSR count). The van der Waals surface area contributed by atoms with Crippen LogP contribution in [0.25, 0.3) is 0 Å². The topological polar surface area (TPSA) is 61.4 Å². The quantitative estimate of drug-likeness (QED) is 0.772. The number of nitrogens with one attached hydrogen (secondary N) is 2. The standard InChI is InChI=1S/C16H26N2O2/c1-10(2)13-7-6-8-14(11(3)4)15(13)18-16(20)17-9-12(5)19/h6-8,10-12,19H,9H2,1-5H3,(H2,17,18,20). The van der Waals surface area contributed by atoms with Crippen molar-refractivity contribution >= 4 is 11.7 Å². The average Bonchev–Trinajstić information content (AvgIpc) is 2.36. The number of rotatable bonds is 5. The lowest BCUT2D eigenvalue weighted by atomic mass is 9.93. The van der Waals surface area contributed by atoms with E-state index in [-0.39, 0.29) is 12.6 Å². The monoisotopic (exact) mass is 278 g/mol. The molecule has 1 atom stereocenters. The summed E-state index contributed by atoms with van der Waals surface area (Å²) in [6, 6.07) is 5.84. The summed E-state index contributed by atoms with van der Waals surface area (Å²) in [5, 5.41) is 14.8. The Labute approximate surface area is 121 Å². The van der Waals surface area contributed by atoms with Crippen LogP contribution in [0, 0.1) is 0 Å². The molecule has 20 heavy (non-hydrogen) atoms. The number of urea groups is 1. The average molecular weight is 278 g/mol. The van der Waals surface area contributed by atoms with Crippen molar-refractivity contribution in [1.82, 2.24) is 5.32 Å². The molecule has 0 aliphatic heterocycles. The van der Waals surface area contributed by atoms with Gasteiger partial charge in [-0.1, -0.05) is 45.9 Å². The number of amides is 2. The molecule has 0 radical (unpaired) electrons. The fourth-order valence-electron chi connectivity index (χ4n) is 2.09. The largest absolute Gasteiger partial charge is 0.392 e. The highest BCUT2D eigenvalue weighted by molar-refractivity contribution is 5.91. The predicted octanol–water partition coefficient (Wildman–Crippen LogP) is 3.44. The summed E-state index contributed by atoms with van der Waals surface area (Å²) >= 11 is 0. The van der Waals surface area contributed by atoms with E-state index < -0.39 is 6.10 Å². The number of hydrogen-bond donors (Lipinski definition) is 3. The van der Waals surface area contributed by atoms with Gasteiger partial charge in [0.25, 0.3) is 0 Å². The Morgan fingerprint density at radius 1 is 1.10 bits per heavy atom. The van der Waals surface area contributed by atoms with Gasteiger partial charge < -0.3 is 15.7 Å². The summed E-state index contributed by atoms with van der Waals surface area (Å²) in [4.78, 5) is 11.9. The lowest BCUT2D eigenvalue weighted by molar-refractivity contribution is 0.190. The highest BCUT2D eigenvalue weighted by Crippen LogP contribution is 2.32. The van der Waals surface area contributed by atoms with E-state index in [1.807, 2.05) is 18.2 Å². The van der Waals surface area contributed by atoms with Crippen LogP contribution in [0.5, 0.6) is 0 Å². The van der Waals surface area contributed by atoms with Crippen molar-refractivity contribution in [2.45, 2.75) is 52.6 Å². The summed E-state index contributed by atoms with van der Waals surface area (Å²) in [6.45, 7) is 10.3. The van der Waals surface area contributed by atoms with E-state index in [1.165, 1.54) is 0 Å². The molecule has 0 fully saturated rings. The first kappa shape index (κ1) is 16.5. The third-order valence-corrected chi connectivity index (χ3v) is 3.17. The molecule has 112 valence electrons. The Bertz CT molecular complexity index is 428. The molecule has 3 N–H and O–H groups in total. The molecule has 0 saturated heterocycles. The summed E-state index contributed by atoms with van der Waals surface area (Å²) in [5.41, 5.74) is 3.15. The van der Waals surface area contributed by atoms with Crippen molar-refractivity contribution in [3.8, 4) is 0 Å². The zero-order chi connectivity index (χ0) is 15.3. The van der Waals surface area contributed by atoms with Crippen LogP contribution in [0.1, 0.15) is 57.6 Å². The summed E-state index contributed by atoms with van der Waals surface area (Å²) in [7, 11) is 0. The van der Waals surface area contributed by atoms with Gasteiger partial charge in [0.15, 0.2) is 0 Å². The number of hydrogen-bond acceptors (Lipinski definition) is 2. The van der Waals surface area contributed by atoms with Gasteiger partial charge in [-0.3, -0.25) is 0 Å². The minimum absolute atomic E-state index is 0.243. The van der Waals surface area contributed by atoms with E-state index in [4.69, 9.17) is 0 Å². The molecule has 0 bridgehead atoms. The van der Waals surface area contributed by atoms with Crippen molar-refractivity contribution in [2.75, 3.05) is 11.9 Å². The molecule has 0 aromatic heterocycles.